The smallest absolute Gasteiger partial charge is 0.269 e. The van der Waals surface area contributed by atoms with Crippen molar-refractivity contribution in [1.82, 2.24) is 5.32 Å². The first-order valence-electron chi connectivity index (χ1n) is 6.28. The fourth-order valence-electron chi connectivity index (χ4n) is 2.55. The van der Waals surface area contributed by atoms with Crippen molar-refractivity contribution in [2.45, 2.75) is 31.8 Å². The molecule has 0 saturated heterocycles. The third kappa shape index (κ3) is 3.05. The summed E-state index contributed by atoms with van der Waals surface area (Å²) in [6.07, 6.45) is 3.26. The van der Waals surface area contributed by atoms with Crippen LogP contribution in [0.3, 0.4) is 0 Å². The Balaban J connectivity index is 1.93. The molecule has 5 nitrogen and oxygen atoms in total. The summed E-state index contributed by atoms with van der Waals surface area (Å²) in [4.78, 5) is 10.3. The molecule has 2 unspecified atom stereocenters. The number of benzene rings is 1. The van der Waals surface area contributed by atoms with E-state index in [-0.39, 0.29) is 17.2 Å². The molecule has 0 aliphatic heterocycles. The second-order valence-corrected chi connectivity index (χ2v) is 4.79. The van der Waals surface area contributed by atoms with Gasteiger partial charge in [-0.3, -0.25) is 10.1 Å². The van der Waals surface area contributed by atoms with Crippen LogP contribution in [0.25, 0.3) is 0 Å². The van der Waals surface area contributed by atoms with Crippen LogP contribution in [-0.4, -0.2) is 22.7 Å². The normalized spacial score (nSPS) is 23.2. The summed E-state index contributed by atoms with van der Waals surface area (Å²) in [7, 11) is 0. The predicted octanol–water partition coefficient (Wildman–Crippen LogP) is 1.85. The van der Waals surface area contributed by atoms with Crippen LogP contribution in [0.5, 0.6) is 0 Å². The molecule has 18 heavy (non-hydrogen) atoms. The molecule has 1 aromatic carbocycles. The third-order valence-corrected chi connectivity index (χ3v) is 3.58. The van der Waals surface area contributed by atoms with Crippen molar-refractivity contribution in [2.24, 2.45) is 5.92 Å². The average Bonchev–Trinajstić information content (AvgIpc) is 2.84. The number of nitro benzene ring substituents is 1. The van der Waals surface area contributed by atoms with Crippen molar-refractivity contribution in [1.29, 1.82) is 0 Å². The van der Waals surface area contributed by atoms with Crippen molar-refractivity contribution >= 4 is 5.69 Å². The SMILES string of the molecule is O=[N+]([O-])c1cccc(CNC2CCCC2CO)c1. The van der Waals surface area contributed by atoms with E-state index in [0.717, 1.165) is 24.8 Å². The second-order valence-electron chi connectivity index (χ2n) is 4.79. The zero-order valence-electron chi connectivity index (χ0n) is 10.2. The number of hydrogen-bond donors (Lipinski definition) is 2. The van der Waals surface area contributed by atoms with Gasteiger partial charge in [0.1, 0.15) is 0 Å². The average molecular weight is 250 g/mol. The van der Waals surface area contributed by atoms with Crippen molar-refractivity contribution in [3.63, 3.8) is 0 Å². The van der Waals surface area contributed by atoms with Crippen molar-refractivity contribution in [2.75, 3.05) is 6.61 Å². The summed E-state index contributed by atoms with van der Waals surface area (Å²) < 4.78 is 0. The first-order chi connectivity index (χ1) is 8.70. The molecule has 5 heteroatoms. The summed E-state index contributed by atoms with van der Waals surface area (Å²) in [5.74, 6) is 0.323. The van der Waals surface area contributed by atoms with Gasteiger partial charge in [-0.2, -0.15) is 0 Å². The van der Waals surface area contributed by atoms with Crippen molar-refractivity contribution in [3.8, 4) is 0 Å². The molecule has 0 spiro atoms. The summed E-state index contributed by atoms with van der Waals surface area (Å²) in [5, 5.41) is 23.3. The minimum atomic E-state index is -0.379. The highest BCUT2D eigenvalue weighted by Gasteiger charge is 2.25. The van der Waals surface area contributed by atoms with E-state index < -0.39 is 0 Å². The number of aliphatic hydroxyl groups excluding tert-OH is 1. The van der Waals surface area contributed by atoms with Crippen LogP contribution in [0.1, 0.15) is 24.8 Å². The Labute approximate surface area is 106 Å². The van der Waals surface area contributed by atoms with Gasteiger partial charge in [-0.1, -0.05) is 18.6 Å². The van der Waals surface area contributed by atoms with Gasteiger partial charge in [-0.25, -0.2) is 0 Å². The Morgan fingerprint density at radius 3 is 3.00 bits per heavy atom. The summed E-state index contributed by atoms with van der Waals surface area (Å²) in [6.45, 7) is 0.829. The van der Waals surface area contributed by atoms with Gasteiger partial charge in [-0.15, -0.1) is 0 Å². The first-order valence-corrected chi connectivity index (χ1v) is 6.28. The van der Waals surface area contributed by atoms with E-state index in [1.54, 1.807) is 12.1 Å². The molecule has 1 fully saturated rings. The van der Waals surface area contributed by atoms with Gasteiger partial charge in [0, 0.05) is 31.3 Å². The van der Waals surface area contributed by atoms with E-state index in [1.165, 1.54) is 6.07 Å². The number of hydrogen-bond acceptors (Lipinski definition) is 4. The molecule has 98 valence electrons. The number of non-ortho nitro benzene ring substituents is 1. The van der Waals surface area contributed by atoms with E-state index in [4.69, 9.17) is 0 Å². The quantitative estimate of drug-likeness (QED) is 0.617. The molecular formula is C13H18N2O3. The van der Waals surface area contributed by atoms with Gasteiger partial charge < -0.3 is 10.4 Å². The Morgan fingerprint density at radius 1 is 1.44 bits per heavy atom. The van der Waals surface area contributed by atoms with Gasteiger partial charge in [0.25, 0.3) is 5.69 Å². The van der Waals surface area contributed by atoms with E-state index in [9.17, 15) is 15.2 Å². The lowest BCUT2D eigenvalue weighted by molar-refractivity contribution is -0.384. The summed E-state index contributed by atoms with van der Waals surface area (Å²) in [6, 6.07) is 7.00. The Hall–Kier alpha value is -1.46. The number of nitro groups is 1. The maximum Gasteiger partial charge on any atom is 0.269 e. The predicted molar refractivity (Wildman–Crippen MR) is 68.2 cm³/mol. The largest absolute Gasteiger partial charge is 0.396 e. The second kappa shape index (κ2) is 5.93. The topological polar surface area (TPSA) is 75.4 Å². The molecule has 1 saturated carbocycles. The fourth-order valence-corrected chi connectivity index (χ4v) is 2.55. The molecule has 2 N–H and O–H groups in total. The molecule has 0 bridgehead atoms. The lowest BCUT2D eigenvalue weighted by Crippen LogP contribution is -2.33. The van der Waals surface area contributed by atoms with Gasteiger partial charge in [0.15, 0.2) is 0 Å². The number of rotatable bonds is 5. The summed E-state index contributed by atoms with van der Waals surface area (Å²) >= 11 is 0. The fraction of sp³-hybridized carbons (Fsp3) is 0.538. The molecule has 1 aromatic rings. The highest BCUT2D eigenvalue weighted by Crippen LogP contribution is 2.25. The minimum Gasteiger partial charge on any atom is -0.396 e. The number of nitrogens with one attached hydrogen (secondary N) is 1. The zero-order chi connectivity index (χ0) is 13.0. The van der Waals surface area contributed by atoms with Crippen LogP contribution < -0.4 is 5.32 Å². The molecule has 0 radical (unpaired) electrons. The van der Waals surface area contributed by atoms with Gasteiger partial charge in [0.2, 0.25) is 0 Å². The maximum atomic E-state index is 10.7. The Kier molecular flexibility index (Phi) is 4.28. The van der Waals surface area contributed by atoms with Crippen LogP contribution >= 0.6 is 0 Å². The van der Waals surface area contributed by atoms with E-state index in [2.05, 4.69) is 5.32 Å². The molecule has 0 heterocycles. The lowest BCUT2D eigenvalue weighted by atomic mass is 10.0. The molecule has 0 amide bonds. The molecule has 0 aromatic heterocycles. The highest BCUT2D eigenvalue weighted by molar-refractivity contribution is 5.34. The zero-order valence-corrected chi connectivity index (χ0v) is 10.2. The minimum absolute atomic E-state index is 0.124. The highest BCUT2D eigenvalue weighted by atomic mass is 16.6. The third-order valence-electron chi connectivity index (χ3n) is 3.58. The van der Waals surface area contributed by atoms with Crippen LogP contribution in [-0.2, 0) is 6.54 Å². The van der Waals surface area contributed by atoms with Crippen LogP contribution in [0.15, 0.2) is 24.3 Å². The molecule has 1 aliphatic carbocycles. The monoisotopic (exact) mass is 250 g/mol. The van der Waals surface area contributed by atoms with Crippen LogP contribution in [0.4, 0.5) is 5.69 Å². The van der Waals surface area contributed by atoms with Gasteiger partial charge in [0.05, 0.1) is 4.92 Å². The lowest BCUT2D eigenvalue weighted by Gasteiger charge is -2.18. The molecule has 2 atom stereocenters. The molecule has 1 aliphatic rings. The first kappa shape index (κ1) is 13.0. The Bertz CT molecular complexity index is 422. The van der Waals surface area contributed by atoms with Crippen LogP contribution in [0, 0.1) is 16.0 Å². The van der Waals surface area contributed by atoms with Crippen LogP contribution in [0.2, 0.25) is 0 Å². The number of nitrogens with zero attached hydrogens (tertiary/aromatic N) is 1. The maximum absolute atomic E-state index is 10.7. The number of aliphatic hydroxyl groups is 1. The standard InChI is InChI=1S/C13H18N2O3/c16-9-11-4-2-6-13(11)14-8-10-3-1-5-12(7-10)15(17)18/h1,3,5,7,11,13-14,16H,2,4,6,8-9H2. The van der Waals surface area contributed by atoms with Gasteiger partial charge >= 0.3 is 0 Å². The van der Waals surface area contributed by atoms with Crippen molar-refractivity contribution < 1.29 is 10.0 Å². The molecule has 2 rings (SSSR count). The molecular weight excluding hydrogens is 232 g/mol. The Morgan fingerprint density at radius 2 is 2.28 bits per heavy atom. The summed E-state index contributed by atoms with van der Waals surface area (Å²) in [5.41, 5.74) is 1.03. The van der Waals surface area contributed by atoms with E-state index in [0.29, 0.717) is 18.5 Å². The van der Waals surface area contributed by atoms with E-state index >= 15 is 0 Å². The van der Waals surface area contributed by atoms with E-state index in [1.807, 2.05) is 6.07 Å². The van der Waals surface area contributed by atoms with Gasteiger partial charge in [-0.05, 0) is 24.3 Å². The van der Waals surface area contributed by atoms with Crippen molar-refractivity contribution in [3.05, 3.63) is 39.9 Å².